The van der Waals surface area contributed by atoms with Gasteiger partial charge in [-0.25, -0.2) is 9.78 Å². The van der Waals surface area contributed by atoms with Gasteiger partial charge in [0.25, 0.3) is 0 Å². The third-order valence-electron chi connectivity index (χ3n) is 5.98. The molecule has 8 heteroatoms. The van der Waals surface area contributed by atoms with Crippen molar-refractivity contribution in [3.8, 4) is 0 Å². The number of benzene rings is 1. The van der Waals surface area contributed by atoms with Crippen molar-refractivity contribution in [2.24, 2.45) is 11.3 Å². The summed E-state index contributed by atoms with van der Waals surface area (Å²) in [6.07, 6.45) is 2.54. The average Bonchev–Trinajstić information content (AvgIpc) is 3.11. The first-order chi connectivity index (χ1) is 13.3. The Kier molecular flexibility index (Phi) is 4.60. The fraction of sp³-hybridized carbons (Fsp3) is 0.550. The molecule has 2 aliphatic rings. The Hall–Kier alpha value is -2.51. The molecule has 1 aromatic heterocycles. The summed E-state index contributed by atoms with van der Waals surface area (Å²) in [7, 11) is 7.18. The molecule has 4 rings (SSSR count). The van der Waals surface area contributed by atoms with Crippen LogP contribution in [0.3, 0.4) is 0 Å². The average molecular weight is 380 g/mol. The van der Waals surface area contributed by atoms with Crippen molar-refractivity contribution >= 4 is 36.3 Å². The number of rotatable bonds is 4. The van der Waals surface area contributed by atoms with E-state index in [1.54, 1.807) is 0 Å². The zero-order valence-corrected chi connectivity index (χ0v) is 16.5. The van der Waals surface area contributed by atoms with Crippen LogP contribution in [0.1, 0.15) is 45.0 Å². The standard InChI is InChI=1S/C20H25BN4O3/c1-11(2)16(24-19(27)28-3)18(26)25-10-20(6-7-20)9-15(25)17-22-13-5-4-12(21)8-14(13)23-17/h4-5,8,11,15-16H,6-7,9-10H2,1-3H3,(H,22,23)(H,24,27)/t15-,16-/m0/s1. The molecule has 2 N–H and O–H groups in total. The number of methoxy groups -OCH3 is 1. The summed E-state index contributed by atoms with van der Waals surface area (Å²) >= 11 is 0. The van der Waals surface area contributed by atoms with Crippen molar-refractivity contribution in [3.63, 3.8) is 0 Å². The Labute approximate surface area is 165 Å². The highest BCUT2D eigenvalue weighted by atomic mass is 16.5. The number of H-pyrrole nitrogens is 1. The van der Waals surface area contributed by atoms with Gasteiger partial charge >= 0.3 is 6.09 Å². The van der Waals surface area contributed by atoms with Crippen LogP contribution >= 0.6 is 0 Å². The van der Waals surface area contributed by atoms with E-state index in [2.05, 4.69) is 10.3 Å². The lowest BCUT2D eigenvalue weighted by Crippen LogP contribution is -2.51. The van der Waals surface area contributed by atoms with E-state index in [0.717, 1.165) is 36.1 Å². The molecule has 28 heavy (non-hydrogen) atoms. The van der Waals surface area contributed by atoms with E-state index in [-0.39, 0.29) is 23.3 Å². The first kappa shape index (κ1) is 18.8. The van der Waals surface area contributed by atoms with Gasteiger partial charge in [0.2, 0.25) is 5.91 Å². The summed E-state index contributed by atoms with van der Waals surface area (Å²) in [5.41, 5.74) is 2.56. The van der Waals surface area contributed by atoms with E-state index in [9.17, 15) is 9.59 Å². The zero-order valence-electron chi connectivity index (χ0n) is 16.5. The highest BCUT2D eigenvalue weighted by Crippen LogP contribution is 2.58. The van der Waals surface area contributed by atoms with Crippen molar-refractivity contribution in [1.29, 1.82) is 0 Å². The van der Waals surface area contributed by atoms with Gasteiger partial charge < -0.3 is 19.9 Å². The molecule has 1 saturated carbocycles. The Morgan fingerprint density at radius 1 is 1.39 bits per heavy atom. The number of alkyl carbamates (subject to hydrolysis) is 1. The molecule has 1 aliphatic heterocycles. The minimum atomic E-state index is -0.635. The number of amides is 2. The lowest BCUT2D eigenvalue weighted by atomic mass is 9.96. The molecule has 2 amide bonds. The lowest BCUT2D eigenvalue weighted by Gasteiger charge is -2.30. The predicted octanol–water partition coefficient (Wildman–Crippen LogP) is 1.79. The number of likely N-dealkylation sites (tertiary alicyclic amines) is 1. The first-order valence-corrected chi connectivity index (χ1v) is 9.72. The molecule has 2 heterocycles. The summed E-state index contributed by atoms with van der Waals surface area (Å²) in [6.45, 7) is 4.53. The number of nitrogens with zero attached hydrogens (tertiary/aromatic N) is 2. The molecular formula is C20H25BN4O3. The van der Waals surface area contributed by atoms with Crippen LogP contribution in [0.15, 0.2) is 18.2 Å². The number of hydrogen-bond donors (Lipinski definition) is 2. The van der Waals surface area contributed by atoms with Crippen LogP contribution in [-0.2, 0) is 9.53 Å². The molecule has 1 saturated heterocycles. The second-order valence-corrected chi connectivity index (χ2v) is 8.44. The third-order valence-corrected chi connectivity index (χ3v) is 5.98. The van der Waals surface area contributed by atoms with Crippen LogP contribution in [0.25, 0.3) is 11.0 Å². The summed E-state index contributed by atoms with van der Waals surface area (Å²) in [5, 5.41) is 2.70. The summed E-state index contributed by atoms with van der Waals surface area (Å²) in [5.74, 6) is 0.630. The second kappa shape index (κ2) is 6.83. The molecule has 1 aliphatic carbocycles. The number of aromatic amines is 1. The van der Waals surface area contributed by atoms with Gasteiger partial charge in [-0.05, 0) is 42.7 Å². The van der Waals surface area contributed by atoms with Crippen molar-refractivity contribution in [2.75, 3.05) is 13.7 Å². The van der Waals surface area contributed by atoms with Gasteiger partial charge in [-0.3, -0.25) is 4.79 Å². The number of aromatic nitrogens is 2. The Balaban J connectivity index is 1.65. The fourth-order valence-corrected chi connectivity index (χ4v) is 4.15. The van der Waals surface area contributed by atoms with Crippen LogP contribution in [0.2, 0.25) is 0 Å². The Bertz CT molecular complexity index is 921. The van der Waals surface area contributed by atoms with E-state index in [0.29, 0.717) is 12.0 Å². The van der Waals surface area contributed by atoms with Gasteiger partial charge in [0, 0.05) is 6.54 Å². The number of ether oxygens (including phenoxy) is 1. The van der Waals surface area contributed by atoms with Gasteiger partial charge in [-0.2, -0.15) is 0 Å². The van der Waals surface area contributed by atoms with Crippen molar-refractivity contribution in [1.82, 2.24) is 20.2 Å². The molecule has 1 aromatic carbocycles. The van der Waals surface area contributed by atoms with Gasteiger partial charge in [-0.1, -0.05) is 25.4 Å². The quantitative estimate of drug-likeness (QED) is 0.792. The van der Waals surface area contributed by atoms with Crippen LogP contribution in [-0.4, -0.2) is 54.4 Å². The van der Waals surface area contributed by atoms with E-state index in [1.165, 1.54) is 7.11 Å². The minimum absolute atomic E-state index is 0.0570. The van der Waals surface area contributed by atoms with Crippen molar-refractivity contribution < 1.29 is 14.3 Å². The van der Waals surface area contributed by atoms with E-state index >= 15 is 0 Å². The number of hydrogen-bond acceptors (Lipinski definition) is 4. The summed E-state index contributed by atoms with van der Waals surface area (Å²) < 4.78 is 4.71. The first-order valence-electron chi connectivity index (χ1n) is 9.72. The number of carbonyl (C=O) groups is 2. The SMILES string of the molecule is [B]c1ccc2nc([C@@H]3CC4(CC4)CN3C(=O)[C@@H](NC(=O)OC)C(C)C)[nH]c2c1. The Morgan fingerprint density at radius 2 is 2.14 bits per heavy atom. The van der Waals surface area contributed by atoms with Gasteiger partial charge in [0.1, 0.15) is 19.7 Å². The lowest BCUT2D eigenvalue weighted by molar-refractivity contribution is -0.135. The molecule has 1 spiro atoms. The fourth-order valence-electron chi connectivity index (χ4n) is 4.15. The second-order valence-electron chi connectivity index (χ2n) is 8.44. The third kappa shape index (κ3) is 3.36. The maximum absolute atomic E-state index is 13.4. The summed E-state index contributed by atoms with van der Waals surface area (Å²) in [4.78, 5) is 35.1. The van der Waals surface area contributed by atoms with Crippen LogP contribution in [0.4, 0.5) is 4.79 Å². The number of imidazole rings is 1. The number of carbonyl (C=O) groups excluding carboxylic acids is 2. The van der Waals surface area contributed by atoms with Crippen molar-refractivity contribution in [3.05, 3.63) is 24.0 Å². The molecule has 146 valence electrons. The van der Waals surface area contributed by atoms with E-state index < -0.39 is 12.1 Å². The molecular weight excluding hydrogens is 355 g/mol. The zero-order chi connectivity index (χ0) is 20.1. The van der Waals surface area contributed by atoms with Gasteiger partial charge in [0.15, 0.2) is 0 Å². The number of nitrogens with one attached hydrogen (secondary N) is 2. The molecule has 2 radical (unpaired) electrons. The summed E-state index contributed by atoms with van der Waals surface area (Å²) in [6, 6.07) is 4.79. The van der Waals surface area contributed by atoms with E-state index in [1.807, 2.05) is 36.9 Å². The van der Waals surface area contributed by atoms with Gasteiger partial charge in [0.05, 0.1) is 24.2 Å². The van der Waals surface area contributed by atoms with Gasteiger partial charge in [-0.15, -0.1) is 0 Å². The maximum atomic E-state index is 13.4. The van der Waals surface area contributed by atoms with Crippen molar-refractivity contribution in [2.45, 2.75) is 45.2 Å². The molecule has 0 bridgehead atoms. The topological polar surface area (TPSA) is 87.3 Å². The maximum Gasteiger partial charge on any atom is 0.407 e. The molecule has 7 nitrogen and oxygen atoms in total. The monoisotopic (exact) mass is 380 g/mol. The molecule has 2 atom stereocenters. The highest BCUT2D eigenvalue weighted by Gasteiger charge is 2.55. The highest BCUT2D eigenvalue weighted by molar-refractivity contribution is 6.33. The minimum Gasteiger partial charge on any atom is -0.453 e. The Morgan fingerprint density at radius 3 is 2.79 bits per heavy atom. The molecule has 2 aromatic rings. The molecule has 0 unspecified atom stereocenters. The normalized spacial score (nSPS) is 21.3. The number of fused-ring (bicyclic) bond motifs is 1. The largest absolute Gasteiger partial charge is 0.453 e. The van der Waals surface area contributed by atoms with Crippen LogP contribution in [0.5, 0.6) is 0 Å². The smallest absolute Gasteiger partial charge is 0.407 e. The van der Waals surface area contributed by atoms with E-state index in [4.69, 9.17) is 17.6 Å². The molecule has 2 fully saturated rings. The van der Waals surface area contributed by atoms with Crippen LogP contribution < -0.4 is 10.8 Å². The van der Waals surface area contributed by atoms with Crippen LogP contribution in [0, 0.1) is 11.3 Å². The predicted molar refractivity (Wildman–Crippen MR) is 106 cm³/mol.